The number of fused-ring (bicyclic) bond motifs is 1. The number of nitrogens with two attached hydrogens (primary N) is 1. The van der Waals surface area contributed by atoms with E-state index in [2.05, 4.69) is 20.5 Å². The highest BCUT2D eigenvalue weighted by molar-refractivity contribution is 8.01. The maximum absolute atomic E-state index is 12.8. The maximum atomic E-state index is 12.8. The number of carboxylic acids is 1. The molecule has 33 heavy (non-hydrogen) atoms. The molecular formula is C21H24N6O4S2. The second kappa shape index (κ2) is 9.57. The number of carbonyl (C=O) groups is 3. The fraction of sp³-hybridized carbons (Fsp3) is 0.381. The minimum absolute atomic E-state index is 0.0336. The van der Waals surface area contributed by atoms with E-state index in [0.717, 1.165) is 5.82 Å². The van der Waals surface area contributed by atoms with Gasteiger partial charge in [-0.15, -0.1) is 16.9 Å². The Labute approximate surface area is 198 Å². The van der Waals surface area contributed by atoms with E-state index in [-0.39, 0.29) is 11.6 Å². The van der Waals surface area contributed by atoms with Gasteiger partial charge in [-0.3, -0.25) is 19.6 Å². The third kappa shape index (κ3) is 4.63. The number of nitrogens with zero attached hydrogens (tertiary/aromatic N) is 3. The topological polar surface area (TPSA) is 154 Å². The van der Waals surface area contributed by atoms with E-state index in [4.69, 9.17) is 5.73 Å². The number of amides is 2. The minimum Gasteiger partial charge on any atom is -0.477 e. The first kappa shape index (κ1) is 23.3. The van der Waals surface area contributed by atoms with Gasteiger partial charge in [0.1, 0.15) is 29.0 Å². The van der Waals surface area contributed by atoms with Gasteiger partial charge in [0.05, 0.1) is 0 Å². The third-order valence-electron chi connectivity index (χ3n) is 5.39. The molecule has 2 aliphatic heterocycles. The molecule has 1 fully saturated rings. The van der Waals surface area contributed by atoms with Crippen molar-refractivity contribution in [1.82, 2.24) is 25.4 Å². The zero-order chi connectivity index (χ0) is 23.7. The zero-order valence-electron chi connectivity index (χ0n) is 18.0. The minimum atomic E-state index is -1.17. The summed E-state index contributed by atoms with van der Waals surface area (Å²) in [5.74, 6) is -0.389. The summed E-state index contributed by atoms with van der Waals surface area (Å²) in [5, 5.41) is 19.6. The molecule has 2 aliphatic rings. The van der Waals surface area contributed by atoms with Gasteiger partial charge in [-0.2, -0.15) is 0 Å². The standard InChI is InChI=1S/C21H24N6O4S2/c1-10(2)16-24-21(26-25-16)33-9-12-8-32-19-14(18(29)27(19)15(12)20(30)31)23-17(28)13(22)11-6-4-3-5-7-11/h3-7,10,13-14,19H,8-9,22H2,1-2H3,(H,23,28)(H,30,31)(H,24,25,26)/t13?,14?,19-/m0/s1. The van der Waals surface area contributed by atoms with Crippen molar-refractivity contribution in [2.24, 2.45) is 5.73 Å². The summed E-state index contributed by atoms with van der Waals surface area (Å²) in [6, 6.07) is 7.12. The number of H-pyrrole nitrogens is 1. The number of aromatic amines is 1. The molecule has 1 aromatic carbocycles. The number of rotatable bonds is 8. The molecule has 3 heterocycles. The number of carboxylic acid groups (broad SMARTS) is 1. The Morgan fingerprint density at radius 3 is 2.73 bits per heavy atom. The number of thioether (sulfide) groups is 2. The van der Waals surface area contributed by atoms with Crippen molar-refractivity contribution in [3.8, 4) is 0 Å². The molecule has 12 heteroatoms. The van der Waals surface area contributed by atoms with Gasteiger partial charge in [-0.1, -0.05) is 55.9 Å². The lowest BCUT2D eigenvalue weighted by atomic mass is 10.0. The van der Waals surface area contributed by atoms with Crippen molar-refractivity contribution in [3.63, 3.8) is 0 Å². The van der Waals surface area contributed by atoms with Crippen LogP contribution in [0, 0.1) is 0 Å². The van der Waals surface area contributed by atoms with Gasteiger partial charge < -0.3 is 16.2 Å². The van der Waals surface area contributed by atoms with Crippen molar-refractivity contribution in [3.05, 3.63) is 53.0 Å². The molecule has 10 nitrogen and oxygen atoms in total. The van der Waals surface area contributed by atoms with Crippen LogP contribution in [0.5, 0.6) is 0 Å². The average molecular weight is 489 g/mol. The number of carbonyl (C=O) groups excluding carboxylic acids is 2. The smallest absolute Gasteiger partial charge is 0.352 e. The van der Waals surface area contributed by atoms with Gasteiger partial charge in [-0.05, 0) is 11.1 Å². The molecule has 3 atom stereocenters. The molecule has 0 bridgehead atoms. The van der Waals surface area contributed by atoms with E-state index in [9.17, 15) is 19.5 Å². The predicted octanol–water partition coefficient (Wildman–Crippen LogP) is 1.46. The molecule has 5 N–H and O–H groups in total. The summed E-state index contributed by atoms with van der Waals surface area (Å²) in [5.41, 5.74) is 7.24. The molecule has 0 saturated carbocycles. The molecule has 174 valence electrons. The number of hydrogen-bond acceptors (Lipinski definition) is 8. The molecular weight excluding hydrogens is 464 g/mol. The first-order chi connectivity index (χ1) is 15.8. The Morgan fingerprint density at radius 2 is 2.09 bits per heavy atom. The van der Waals surface area contributed by atoms with E-state index >= 15 is 0 Å². The summed E-state index contributed by atoms with van der Waals surface area (Å²) in [6.45, 7) is 3.99. The number of β-lactam (4-membered cyclic amide) rings is 1. The van der Waals surface area contributed by atoms with Crippen LogP contribution >= 0.6 is 23.5 Å². The number of hydrogen-bond donors (Lipinski definition) is 4. The normalized spacial score (nSPS) is 21.0. The van der Waals surface area contributed by atoms with E-state index in [0.29, 0.717) is 27.8 Å². The monoisotopic (exact) mass is 488 g/mol. The van der Waals surface area contributed by atoms with E-state index < -0.39 is 35.2 Å². The lowest BCUT2D eigenvalue weighted by molar-refractivity contribution is -0.150. The fourth-order valence-corrected chi connectivity index (χ4v) is 5.87. The van der Waals surface area contributed by atoms with Crippen LogP contribution in [0.4, 0.5) is 0 Å². The lowest BCUT2D eigenvalue weighted by Crippen LogP contribution is -2.71. The Kier molecular flexibility index (Phi) is 6.77. The quantitative estimate of drug-likeness (QED) is 0.319. The highest BCUT2D eigenvalue weighted by Crippen LogP contribution is 2.41. The van der Waals surface area contributed by atoms with Crippen LogP contribution < -0.4 is 11.1 Å². The zero-order valence-corrected chi connectivity index (χ0v) is 19.7. The number of aliphatic carboxylic acids is 1. The number of aromatic nitrogens is 3. The maximum Gasteiger partial charge on any atom is 0.352 e. The molecule has 2 unspecified atom stereocenters. The summed E-state index contributed by atoms with van der Waals surface area (Å²) in [6.07, 6.45) is 0. The van der Waals surface area contributed by atoms with Gasteiger partial charge in [0.2, 0.25) is 11.1 Å². The highest BCUT2D eigenvalue weighted by atomic mass is 32.2. The van der Waals surface area contributed by atoms with Crippen LogP contribution in [-0.2, 0) is 14.4 Å². The second-order valence-electron chi connectivity index (χ2n) is 7.99. The van der Waals surface area contributed by atoms with E-state index in [1.165, 1.54) is 28.4 Å². The highest BCUT2D eigenvalue weighted by Gasteiger charge is 2.54. The van der Waals surface area contributed by atoms with Crippen LogP contribution in [0.2, 0.25) is 0 Å². The molecule has 0 spiro atoms. The van der Waals surface area contributed by atoms with Gasteiger partial charge in [-0.25, -0.2) is 9.78 Å². The summed E-state index contributed by atoms with van der Waals surface area (Å²) < 4.78 is 0. The summed E-state index contributed by atoms with van der Waals surface area (Å²) in [7, 11) is 0. The molecule has 0 aliphatic carbocycles. The fourth-order valence-electron chi connectivity index (χ4n) is 3.58. The Bertz CT molecular complexity index is 1100. The first-order valence-electron chi connectivity index (χ1n) is 10.3. The van der Waals surface area contributed by atoms with Crippen LogP contribution in [0.1, 0.15) is 37.2 Å². The van der Waals surface area contributed by atoms with Crippen molar-refractivity contribution >= 4 is 41.3 Å². The average Bonchev–Trinajstić information content (AvgIpc) is 3.29. The van der Waals surface area contributed by atoms with Gasteiger partial charge >= 0.3 is 5.97 Å². The molecule has 1 saturated heterocycles. The summed E-state index contributed by atoms with van der Waals surface area (Å²) in [4.78, 5) is 43.1. The molecule has 2 aromatic rings. The largest absolute Gasteiger partial charge is 0.477 e. The third-order valence-corrected chi connectivity index (χ3v) is 7.67. The Balaban J connectivity index is 1.44. The van der Waals surface area contributed by atoms with Crippen LogP contribution in [0.15, 0.2) is 46.8 Å². The molecule has 1 aromatic heterocycles. The van der Waals surface area contributed by atoms with Gasteiger partial charge in [0.25, 0.3) is 5.91 Å². The first-order valence-corrected chi connectivity index (χ1v) is 12.4. The van der Waals surface area contributed by atoms with E-state index in [1.807, 2.05) is 19.9 Å². The Hall–Kier alpha value is -2.83. The number of benzene rings is 1. The second-order valence-corrected chi connectivity index (χ2v) is 10.0. The lowest BCUT2D eigenvalue weighted by Gasteiger charge is -2.49. The molecule has 0 radical (unpaired) electrons. The van der Waals surface area contributed by atoms with E-state index in [1.54, 1.807) is 24.3 Å². The number of nitrogens with one attached hydrogen (secondary N) is 2. The SMILES string of the molecule is CC(C)c1nc(SCC2=C(C(=O)O)N3C(=O)C(NC(=O)C(N)c4ccccc4)[C@@H]3SC2)n[nH]1. The van der Waals surface area contributed by atoms with Crippen LogP contribution in [0.3, 0.4) is 0 Å². The van der Waals surface area contributed by atoms with Gasteiger partial charge in [0.15, 0.2) is 0 Å². The van der Waals surface area contributed by atoms with Crippen molar-refractivity contribution < 1.29 is 19.5 Å². The predicted molar refractivity (Wildman–Crippen MR) is 124 cm³/mol. The summed E-state index contributed by atoms with van der Waals surface area (Å²) >= 11 is 2.73. The molecule has 2 amide bonds. The Morgan fingerprint density at radius 1 is 1.36 bits per heavy atom. The van der Waals surface area contributed by atoms with Crippen molar-refractivity contribution in [1.29, 1.82) is 0 Å². The van der Waals surface area contributed by atoms with Crippen molar-refractivity contribution in [2.75, 3.05) is 11.5 Å². The van der Waals surface area contributed by atoms with Crippen molar-refractivity contribution in [2.45, 2.75) is 42.4 Å². The van der Waals surface area contributed by atoms with Crippen LogP contribution in [0.25, 0.3) is 0 Å². The van der Waals surface area contributed by atoms with Crippen LogP contribution in [-0.4, -0.2) is 65.9 Å². The van der Waals surface area contributed by atoms with Gasteiger partial charge in [0, 0.05) is 17.4 Å². The molecule has 4 rings (SSSR count).